The maximum absolute atomic E-state index is 13.0. The van der Waals surface area contributed by atoms with Crippen molar-refractivity contribution in [1.29, 1.82) is 0 Å². The fourth-order valence-corrected chi connectivity index (χ4v) is 2.94. The lowest BCUT2D eigenvalue weighted by Crippen LogP contribution is -2.25. The highest BCUT2D eigenvalue weighted by Gasteiger charge is 2.11. The van der Waals surface area contributed by atoms with E-state index in [1.54, 1.807) is 0 Å². The van der Waals surface area contributed by atoms with Gasteiger partial charge in [0.25, 0.3) is 5.91 Å². The monoisotopic (exact) mass is 345 g/mol. The summed E-state index contributed by atoms with van der Waals surface area (Å²) in [5.74, 6) is 0.190. The number of para-hydroxylation sites is 2. The molecule has 3 aromatic rings. The average molecular weight is 346 g/mol. The van der Waals surface area contributed by atoms with Gasteiger partial charge in [-0.3, -0.25) is 4.79 Å². The van der Waals surface area contributed by atoms with Crippen LogP contribution < -0.4 is 5.32 Å². The van der Waals surface area contributed by atoms with Crippen molar-refractivity contribution in [3.05, 3.63) is 64.7 Å². The van der Waals surface area contributed by atoms with E-state index in [4.69, 9.17) is 11.6 Å². The van der Waals surface area contributed by atoms with E-state index in [0.29, 0.717) is 6.54 Å². The third-order valence-electron chi connectivity index (χ3n) is 3.87. The van der Waals surface area contributed by atoms with E-state index < -0.39 is 5.82 Å². The molecule has 1 N–H and O–H groups in total. The maximum atomic E-state index is 13.0. The Bertz CT molecular complexity index is 891. The van der Waals surface area contributed by atoms with Crippen LogP contribution in [0.25, 0.3) is 11.0 Å². The van der Waals surface area contributed by atoms with Gasteiger partial charge >= 0.3 is 0 Å². The Morgan fingerprint density at radius 3 is 2.88 bits per heavy atom. The van der Waals surface area contributed by atoms with Gasteiger partial charge < -0.3 is 9.88 Å². The van der Waals surface area contributed by atoms with E-state index in [9.17, 15) is 9.18 Å². The number of hydrogen-bond acceptors (Lipinski definition) is 2. The van der Waals surface area contributed by atoms with Gasteiger partial charge in [-0.2, -0.15) is 0 Å². The molecular formula is C18H17ClFN3O. The van der Waals surface area contributed by atoms with Crippen LogP contribution in [-0.2, 0) is 6.54 Å². The number of carbonyl (C=O) groups excluding carboxylic acids is 1. The first-order chi connectivity index (χ1) is 11.6. The Labute approximate surface area is 144 Å². The number of halogens is 2. The molecule has 0 unspecified atom stereocenters. The Kier molecular flexibility index (Phi) is 4.81. The molecule has 0 fully saturated rings. The van der Waals surface area contributed by atoms with Gasteiger partial charge in [0.15, 0.2) is 0 Å². The number of carbonyl (C=O) groups is 1. The minimum absolute atomic E-state index is 0.115. The van der Waals surface area contributed by atoms with Crippen molar-refractivity contribution < 1.29 is 9.18 Å². The smallest absolute Gasteiger partial charge is 0.252 e. The first kappa shape index (κ1) is 16.5. The maximum Gasteiger partial charge on any atom is 0.252 e. The predicted octanol–water partition coefficient (Wildman–Crippen LogP) is 3.96. The number of imidazole rings is 1. The van der Waals surface area contributed by atoms with Crippen molar-refractivity contribution in [3.63, 3.8) is 0 Å². The van der Waals surface area contributed by atoms with E-state index in [1.165, 1.54) is 12.1 Å². The van der Waals surface area contributed by atoms with Crippen molar-refractivity contribution in [2.75, 3.05) is 6.54 Å². The molecule has 3 rings (SSSR count). The fraction of sp³-hybridized carbons (Fsp3) is 0.222. The first-order valence-electron chi connectivity index (χ1n) is 7.71. The van der Waals surface area contributed by atoms with Crippen molar-refractivity contribution in [3.8, 4) is 0 Å². The Balaban J connectivity index is 1.58. The third kappa shape index (κ3) is 3.41. The average Bonchev–Trinajstić information content (AvgIpc) is 2.87. The summed E-state index contributed by atoms with van der Waals surface area (Å²) in [5, 5.41) is 2.92. The Morgan fingerprint density at radius 2 is 2.08 bits per heavy atom. The molecule has 0 aliphatic heterocycles. The van der Waals surface area contributed by atoms with Gasteiger partial charge in [0.1, 0.15) is 11.6 Å². The topological polar surface area (TPSA) is 46.9 Å². The van der Waals surface area contributed by atoms with Crippen LogP contribution in [0.15, 0.2) is 42.5 Å². The molecule has 0 spiro atoms. The van der Waals surface area contributed by atoms with Crippen LogP contribution >= 0.6 is 11.6 Å². The summed E-state index contributed by atoms with van der Waals surface area (Å²) in [6, 6.07) is 11.7. The number of nitrogens with one attached hydrogen (secondary N) is 1. The number of aromatic nitrogens is 2. The first-order valence-corrected chi connectivity index (χ1v) is 8.09. The van der Waals surface area contributed by atoms with Crippen LogP contribution in [0.4, 0.5) is 4.39 Å². The number of aryl methyl sites for hydroxylation is 2. The molecule has 124 valence electrons. The Hall–Kier alpha value is -2.40. The molecule has 6 heteroatoms. The van der Waals surface area contributed by atoms with E-state index >= 15 is 0 Å². The predicted molar refractivity (Wildman–Crippen MR) is 92.8 cm³/mol. The molecule has 1 heterocycles. The minimum atomic E-state index is -0.459. The third-order valence-corrected chi connectivity index (χ3v) is 4.18. The summed E-state index contributed by atoms with van der Waals surface area (Å²) in [5.41, 5.74) is 2.34. The van der Waals surface area contributed by atoms with E-state index in [1.807, 2.05) is 31.2 Å². The molecular weight excluding hydrogens is 329 g/mol. The zero-order chi connectivity index (χ0) is 17.1. The van der Waals surface area contributed by atoms with E-state index in [2.05, 4.69) is 14.9 Å². The van der Waals surface area contributed by atoms with Crippen molar-refractivity contribution in [2.24, 2.45) is 0 Å². The summed E-state index contributed by atoms with van der Waals surface area (Å²) >= 11 is 5.89. The standard InChI is InChI=1S/C18H17ClFN3O/c1-12-22-16-5-2-3-6-17(16)23(12)10-4-9-21-18(24)14-8-7-13(20)11-15(14)19/h2-3,5-8,11H,4,9-10H2,1H3,(H,21,24). The molecule has 0 atom stereocenters. The Morgan fingerprint density at radius 1 is 1.29 bits per heavy atom. The highest BCUT2D eigenvalue weighted by Crippen LogP contribution is 2.17. The quantitative estimate of drug-likeness (QED) is 0.711. The summed E-state index contributed by atoms with van der Waals surface area (Å²) in [7, 11) is 0. The van der Waals surface area contributed by atoms with Crippen LogP contribution in [0.1, 0.15) is 22.6 Å². The fourth-order valence-electron chi connectivity index (χ4n) is 2.69. The molecule has 2 aromatic carbocycles. The number of amides is 1. The number of benzene rings is 2. The molecule has 0 saturated carbocycles. The number of nitrogens with zero attached hydrogens (tertiary/aromatic N) is 2. The van der Waals surface area contributed by atoms with Crippen LogP contribution in [0.3, 0.4) is 0 Å². The number of fused-ring (bicyclic) bond motifs is 1. The second-order valence-corrected chi connectivity index (χ2v) is 5.94. The van der Waals surface area contributed by atoms with Gasteiger partial charge in [-0.1, -0.05) is 23.7 Å². The normalized spacial score (nSPS) is 11.0. The van der Waals surface area contributed by atoms with Crippen LogP contribution in [-0.4, -0.2) is 22.0 Å². The summed E-state index contributed by atoms with van der Waals surface area (Å²) in [4.78, 5) is 16.6. The summed E-state index contributed by atoms with van der Waals surface area (Å²) in [6.07, 6.45) is 0.756. The second kappa shape index (κ2) is 7.01. The summed E-state index contributed by atoms with van der Waals surface area (Å²) < 4.78 is 15.1. The highest BCUT2D eigenvalue weighted by molar-refractivity contribution is 6.33. The molecule has 1 aromatic heterocycles. The number of hydrogen-bond donors (Lipinski definition) is 1. The molecule has 0 radical (unpaired) electrons. The second-order valence-electron chi connectivity index (χ2n) is 5.53. The lowest BCUT2D eigenvalue weighted by molar-refractivity contribution is 0.0953. The van der Waals surface area contributed by atoms with Crippen molar-refractivity contribution in [1.82, 2.24) is 14.9 Å². The van der Waals surface area contributed by atoms with Gasteiger partial charge in [-0.05, 0) is 43.7 Å². The zero-order valence-corrected chi connectivity index (χ0v) is 14.0. The van der Waals surface area contributed by atoms with Gasteiger partial charge in [0.05, 0.1) is 21.6 Å². The minimum Gasteiger partial charge on any atom is -0.352 e. The molecule has 0 bridgehead atoms. The highest BCUT2D eigenvalue weighted by atomic mass is 35.5. The van der Waals surface area contributed by atoms with E-state index in [0.717, 1.165) is 35.9 Å². The lowest BCUT2D eigenvalue weighted by atomic mass is 10.2. The zero-order valence-electron chi connectivity index (χ0n) is 13.2. The van der Waals surface area contributed by atoms with Gasteiger partial charge in [0, 0.05) is 13.1 Å². The van der Waals surface area contributed by atoms with Gasteiger partial charge in [-0.25, -0.2) is 9.37 Å². The van der Waals surface area contributed by atoms with Gasteiger partial charge in [-0.15, -0.1) is 0 Å². The summed E-state index contributed by atoms with van der Waals surface area (Å²) in [6.45, 7) is 3.22. The molecule has 24 heavy (non-hydrogen) atoms. The van der Waals surface area contributed by atoms with Crippen LogP contribution in [0, 0.1) is 12.7 Å². The molecule has 1 amide bonds. The van der Waals surface area contributed by atoms with Crippen molar-refractivity contribution >= 4 is 28.5 Å². The lowest BCUT2D eigenvalue weighted by Gasteiger charge is -2.09. The van der Waals surface area contributed by atoms with Crippen molar-refractivity contribution in [2.45, 2.75) is 19.9 Å². The van der Waals surface area contributed by atoms with Gasteiger partial charge in [0.2, 0.25) is 0 Å². The number of rotatable bonds is 5. The SMILES string of the molecule is Cc1nc2ccccc2n1CCCNC(=O)c1ccc(F)cc1Cl. The molecule has 0 aliphatic carbocycles. The van der Waals surface area contributed by atoms with Crippen LogP contribution in [0.5, 0.6) is 0 Å². The molecule has 0 aliphatic rings. The molecule has 0 saturated heterocycles. The van der Waals surface area contributed by atoms with E-state index in [-0.39, 0.29) is 16.5 Å². The molecule has 4 nitrogen and oxygen atoms in total. The van der Waals surface area contributed by atoms with Crippen LogP contribution in [0.2, 0.25) is 5.02 Å². The largest absolute Gasteiger partial charge is 0.352 e.